The van der Waals surface area contributed by atoms with Crippen molar-refractivity contribution in [2.24, 2.45) is 11.1 Å². The van der Waals surface area contributed by atoms with E-state index < -0.39 is 14.6 Å². The number of nitrogens with two attached hydrogens (primary N) is 1. The topological polar surface area (TPSA) is 62.9 Å². The van der Waals surface area contributed by atoms with Crippen LogP contribution >= 0.6 is 12.4 Å². The van der Waals surface area contributed by atoms with Crippen LogP contribution in [0, 0.1) is 5.41 Å². The summed E-state index contributed by atoms with van der Waals surface area (Å²) in [7, 11) is 2.56. The standard InChI is InChI=1S/C27H56O4Si.C3H9N.ClH/c1-7-8-9-10-11-12-13-14-15-16-17-18-19-20-21-22-23-26(2)24-25-32(29-5,30-6)31-27(26,3)28-4;1-2-3-4;/h7-25H2,1-6H3;2-4H2,1H3;1H. The quantitative estimate of drug-likeness (QED) is 0.110. The normalized spacial score (nSPS) is 22.7. The molecule has 5 nitrogen and oxygen atoms in total. The van der Waals surface area contributed by atoms with Crippen molar-refractivity contribution in [3.05, 3.63) is 0 Å². The van der Waals surface area contributed by atoms with Gasteiger partial charge in [-0.05, 0) is 32.7 Å². The predicted molar refractivity (Wildman–Crippen MR) is 165 cm³/mol. The molecular formula is C30H66ClNO4Si. The maximum absolute atomic E-state index is 6.38. The lowest BCUT2D eigenvalue weighted by Crippen LogP contribution is -2.62. The summed E-state index contributed by atoms with van der Waals surface area (Å²) in [5, 5.41) is 0. The lowest BCUT2D eigenvalue weighted by Gasteiger charge is -2.52. The highest BCUT2D eigenvalue weighted by atomic mass is 35.5. The number of ether oxygens (including phenoxy) is 1. The highest BCUT2D eigenvalue weighted by Crippen LogP contribution is 2.50. The fourth-order valence-corrected chi connectivity index (χ4v) is 7.83. The van der Waals surface area contributed by atoms with E-state index in [9.17, 15) is 0 Å². The van der Waals surface area contributed by atoms with E-state index in [0.29, 0.717) is 0 Å². The molecule has 0 spiro atoms. The SMILES string of the molecule is CCCCCCCCCCCCCCCCCCC1(C)CC[Si](OC)(OC)OC1(C)OC.CCCN.Cl. The molecule has 0 aromatic heterocycles. The van der Waals surface area contributed by atoms with Gasteiger partial charge < -0.3 is 23.7 Å². The first-order chi connectivity index (χ1) is 17.3. The summed E-state index contributed by atoms with van der Waals surface area (Å²) in [6.45, 7) is 9.55. The molecule has 1 heterocycles. The van der Waals surface area contributed by atoms with E-state index in [-0.39, 0.29) is 17.8 Å². The number of methoxy groups -OCH3 is 1. The van der Waals surface area contributed by atoms with Crippen molar-refractivity contribution in [2.45, 2.75) is 162 Å². The monoisotopic (exact) mass is 567 g/mol. The van der Waals surface area contributed by atoms with Gasteiger partial charge in [-0.25, -0.2) is 0 Å². The molecule has 1 fully saturated rings. The molecule has 0 amide bonds. The van der Waals surface area contributed by atoms with Gasteiger partial charge in [0.15, 0.2) is 5.79 Å². The number of hydrogen-bond donors (Lipinski definition) is 1. The third kappa shape index (κ3) is 16.2. The second-order valence-electron chi connectivity index (χ2n) is 11.2. The lowest BCUT2D eigenvalue weighted by atomic mass is 9.75. The summed E-state index contributed by atoms with van der Waals surface area (Å²) in [5.74, 6) is -0.640. The van der Waals surface area contributed by atoms with E-state index in [0.717, 1.165) is 31.9 Å². The molecule has 226 valence electrons. The van der Waals surface area contributed by atoms with Gasteiger partial charge in [0.05, 0.1) is 0 Å². The fraction of sp³-hybridized carbons (Fsp3) is 1.00. The van der Waals surface area contributed by atoms with Crippen molar-refractivity contribution in [3.63, 3.8) is 0 Å². The molecule has 1 aliphatic rings. The van der Waals surface area contributed by atoms with Crippen molar-refractivity contribution in [1.29, 1.82) is 0 Å². The van der Waals surface area contributed by atoms with Gasteiger partial charge in [0.2, 0.25) is 0 Å². The van der Waals surface area contributed by atoms with Gasteiger partial charge in [0, 0.05) is 32.8 Å². The highest BCUT2D eigenvalue weighted by Gasteiger charge is 2.59. The van der Waals surface area contributed by atoms with Crippen LogP contribution in [0.5, 0.6) is 0 Å². The van der Waals surface area contributed by atoms with Crippen molar-refractivity contribution >= 4 is 21.2 Å². The van der Waals surface area contributed by atoms with Gasteiger partial charge in [-0.1, -0.05) is 124 Å². The van der Waals surface area contributed by atoms with Gasteiger partial charge >= 0.3 is 8.80 Å². The van der Waals surface area contributed by atoms with E-state index >= 15 is 0 Å². The van der Waals surface area contributed by atoms with E-state index in [2.05, 4.69) is 27.7 Å². The average Bonchev–Trinajstić information content (AvgIpc) is 2.90. The molecule has 0 saturated carbocycles. The Morgan fingerprint density at radius 2 is 1.05 bits per heavy atom. The second kappa shape index (κ2) is 24.1. The van der Waals surface area contributed by atoms with Crippen molar-refractivity contribution in [2.75, 3.05) is 27.9 Å². The highest BCUT2D eigenvalue weighted by molar-refractivity contribution is 6.60. The number of halogens is 1. The van der Waals surface area contributed by atoms with Crippen LogP contribution in [0.1, 0.15) is 150 Å². The molecule has 0 aliphatic carbocycles. The first kappa shape index (κ1) is 39.5. The first-order valence-corrected chi connectivity index (χ1v) is 17.3. The van der Waals surface area contributed by atoms with Crippen LogP contribution < -0.4 is 5.73 Å². The molecule has 1 aliphatic heterocycles. The Kier molecular flexibility index (Phi) is 25.7. The summed E-state index contributed by atoms with van der Waals surface area (Å²) >= 11 is 0. The van der Waals surface area contributed by atoms with Gasteiger partial charge in [-0.2, -0.15) is 0 Å². The van der Waals surface area contributed by atoms with Crippen molar-refractivity contribution in [1.82, 2.24) is 0 Å². The van der Waals surface area contributed by atoms with Gasteiger partial charge in [0.1, 0.15) is 0 Å². The molecule has 0 bridgehead atoms. The Labute approximate surface area is 239 Å². The summed E-state index contributed by atoms with van der Waals surface area (Å²) in [6, 6.07) is 0.869. The van der Waals surface area contributed by atoms with Crippen LogP contribution in [0.2, 0.25) is 6.04 Å². The lowest BCUT2D eigenvalue weighted by molar-refractivity contribution is -0.262. The molecule has 1 rings (SSSR count). The van der Waals surface area contributed by atoms with Crippen molar-refractivity contribution < 1.29 is 18.0 Å². The van der Waals surface area contributed by atoms with E-state index in [1.807, 2.05) is 0 Å². The van der Waals surface area contributed by atoms with Crippen LogP contribution in [0.3, 0.4) is 0 Å². The molecule has 7 heteroatoms. The van der Waals surface area contributed by atoms with Crippen LogP contribution in [-0.4, -0.2) is 42.5 Å². The Bertz CT molecular complexity index is 496. The van der Waals surface area contributed by atoms with Crippen LogP contribution in [0.4, 0.5) is 0 Å². The summed E-state index contributed by atoms with van der Waals surface area (Å²) in [6.07, 6.45) is 25.7. The second-order valence-corrected chi connectivity index (χ2v) is 14.1. The summed E-state index contributed by atoms with van der Waals surface area (Å²) < 4.78 is 23.6. The summed E-state index contributed by atoms with van der Waals surface area (Å²) in [5.41, 5.74) is 5.03. The van der Waals surface area contributed by atoms with E-state index in [4.69, 9.17) is 23.7 Å². The molecule has 0 aromatic rings. The zero-order chi connectivity index (χ0) is 27.2. The maximum Gasteiger partial charge on any atom is 0.502 e. The Morgan fingerprint density at radius 1 is 0.676 bits per heavy atom. The minimum absolute atomic E-state index is 0. The largest absolute Gasteiger partial charge is 0.502 e. The van der Waals surface area contributed by atoms with Gasteiger partial charge in [-0.15, -0.1) is 12.4 Å². The van der Waals surface area contributed by atoms with Crippen LogP contribution in [0.25, 0.3) is 0 Å². The number of rotatable bonds is 21. The molecule has 1 saturated heterocycles. The Balaban J connectivity index is 0. The third-order valence-electron chi connectivity index (χ3n) is 8.31. The Morgan fingerprint density at radius 3 is 1.38 bits per heavy atom. The maximum atomic E-state index is 6.38. The zero-order valence-electron chi connectivity index (χ0n) is 26.0. The fourth-order valence-electron chi connectivity index (χ4n) is 5.20. The predicted octanol–water partition coefficient (Wildman–Crippen LogP) is 9.44. The molecule has 2 atom stereocenters. The molecule has 2 unspecified atom stereocenters. The Hall–Kier alpha value is 0.307. The van der Waals surface area contributed by atoms with Crippen molar-refractivity contribution in [3.8, 4) is 0 Å². The van der Waals surface area contributed by atoms with Gasteiger partial charge in [-0.3, -0.25) is 0 Å². The molecular weight excluding hydrogens is 502 g/mol. The van der Waals surface area contributed by atoms with E-state index in [1.165, 1.54) is 103 Å². The zero-order valence-corrected chi connectivity index (χ0v) is 27.8. The average molecular weight is 568 g/mol. The first-order valence-electron chi connectivity index (χ1n) is 15.4. The van der Waals surface area contributed by atoms with Crippen LogP contribution in [-0.2, 0) is 18.0 Å². The number of unbranched alkanes of at least 4 members (excludes halogenated alkanes) is 15. The number of hydrogen-bond acceptors (Lipinski definition) is 5. The smallest absolute Gasteiger partial charge is 0.377 e. The minimum atomic E-state index is -2.59. The summed E-state index contributed by atoms with van der Waals surface area (Å²) in [4.78, 5) is 0. The third-order valence-corrected chi connectivity index (χ3v) is 11.1. The molecule has 2 N–H and O–H groups in total. The van der Waals surface area contributed by atoms with E-state index in [1.54, 1.807) is 21.3 Å². The van der Waals surface area contributed by atoms with Gasteiger partial charge in [0.25, 0.3) is 0 Å². The molecule has 0 radical (unpaired) electrons. The minimum Gasteiger partial charge on any atom is -0.377 e. The van der Waals surface area contributed by atoms with Crippen LogP contribution in [0.15, 0.2) is 0 Å². The molecule has 0 aromatic carbocycles. The molecule has 37 heavy (non-hydrogen) atoms.